The fourth-order valence-electron chi connectivity index (χ4n) is 3.25. The van der Waals surface area contributed by atoms with Crippen LogP contribution in [0.4, 0.5) is 4.79 Å². The minimum atomic E-state index is -0.340. The first-order chi connectivity index (χ1) is 9.75. The van der Waals surface area contributed by atoms with Gasteiger partial charge in [0, 0.05) is 26.2 Å². The third kappa shape index (κ3) is 2.27. The van der Waals surface area contributed by atoms with Gasteiger partial charge in [-0.1, -0.05) is 24.3 Å². The summed E-state index contributed by atoms with van der Waals surface area (Å²) in [6, 6.07) is 8.29. The van der Waals surface area contributed by atoms with Crippen molar-refractivity contribution in [2.45, 2.75) is 18.4 Å². The molecule has 0 bridgehead atoms. The van der Waals surface area contributed by atoms with Gasteiger partial charge in [-0.2, -0.15) is 0 Å². The molecule has 2 aliphatic rings. The molecule has 1 fully saturated rings. The number of nitrogens with zero attached hydrogens (tertiary/aromatic N) is 1. The second-order valence-corrected chi connectivity index (χ2v) is 5.54. The standard InChI is InChI=1S/C15H21N3O2/c19-11-15(6-5-12-3-1-2-4-13(12)15)17-8-10-18-9-7-16-14(18)20/h1-4,17,19H,5-11H2,(H,16,20). The number of urea groups is 1. The Labute approximate surface area is 119 Å². The molecule has 5 nitrogen and oxygen atoms in total. The minimum absolute atomic E-state index is 0.0108. The van der Waals surface area contributed by atoms with Crippen molar-refractivity contribution in [1.29, 1.82) is 0 Å². The third-order valence-electron chi connectivity index (χ3n) is 4.41. The van der Waals surface area contributed by atoms with E-state index in [0.717, 1.165) is 25.9 Å². The molecular weight excluding hydrogens is 254 g/mol. The molecule has 2 amide bonds. The molecule has 0 aromatic heterocycles. The fraction of sp³-hybridized carbons (Fsp3) is 0.533. The first-order valence-corrected chi connectivity index (χ1v) is 7.22. The Morgan fingerprint density at radius 3 is 3.00 bits per heavy atom. The Morgan fingerprint density at radius 2 is 2.25 bits per heavy atom. The normalized spacial score (nSPS) is 24.9. The predicted octanol–water partition coefficient (Wildman–Crippen LogP) is 0.435. The number of aliphatic hydroxyl groups is 1. The topological polar surface area (TPSA) is 64.6 Å². The Bertz CT molecular complexity index is 506. The Balaban J connectivity index is 1.64. The molecule has 108 valence electrons. The van der Waals surface area contributed by atoms with Gasteiger partial charge in [0.15, 0.2) is 0 Å². The number of amides is 2. The summed E-state index contributed by atoms with van der Waals surface area (Å²) in [4.78, 5) is 13.3. The van der Waals surface area contributed by atoms with Gasteiger partial charge in [-0.3, -0.25) is 0 Å². The van der Waals surface area contributed by atoms with Crippen LogP contribution in [0, 0.1) is 0 Å². The molecule has 1 saturated heterocycles. The predicted molar refractivity (Wildman–Crippen MR) is 76.5 cm³/mol. The van der Waals surface area contributed by atoms with E-state index in [0.29, 0.717) is 13.1 Å². The molecule has 0 saturated carbocycles. The van der Waals surface area contributed by atoms with Crippen molar-refractivity contribution in [2.75, 3.05) is 32.8 Å². The molecule has 1 heterocycles. The number of carbonyl (C=O) groups is 1. The van der Waals surface area contributed by atoms with Crippen LogP contribution >= 0.6 is 0 Å². The SMILES string of the molecule is O=C1NCCN1CCNC1(CO)CCc2ccccc21. The van der Waals surface area contributed by atoms with Crippen LogP contribution < -0.4 is 10.6 Å². The lowest BCUT2D eigenvalue weighted by molar-refractivity contribution is 0.156. The summed E-state index contributed by atoms with van der Waals surface area (Å²) in [6.45, 7) is 2.96. The molecule has 20 heavy (non-hydrogen) atoms. The summed E-state index contributed by atoms with van der Waals surface area (Å²) in [6.07, 6.45) is 1.91. The van der Waals surface area contributed by atoms with Gasteiger partial charge in [0.2, 0.25) is 0 Å². The lowest BCUT2D eigenvalue weighted by atomic mass is 9.92. The monoisotopic (exact) mass is 275 g/mol. The van der Waals surface area contributed by atoms with Gasteiger partial charge in [0.25, 0.3) is 0 Å². The second-order valence-electron chi connectivity index (χ2n) is 5.54. The number of aryl methyl sites for hydroxylation is 1. The summed E-state index contributed by atoms with van der Waals surface area (Å²) in [5, 5.41) is 16.1. The molecule has 1 atom stereocenters. The van der Waals surface area contributed by atoms with Gasteiger partial charge in [0.1, 0.15) is 0 Å². The number of rotatable bonds is 5. The van der Waals surface area contributed by atoms with Gasteiger partial charge in [-0.15, -0.1) is 0 Å². The maximum atomic E-state index is 11.5. The smallest absolute Gasteiger partial charge is 0.317 e. The van der Waals surface area contributed by atoms with E-state index >= 15 is 0 Å². The summed E-state index contributed by atoms with van der Waals surface area (Å²) < 4.78 is 0. The lowest BCUT2D eigenvalue weighted by Gasteiger charge is -2.30. The van der Waals surface area contributed by atoms with E-state index in [4.69, 9.17) is 0 Å². The first kappa shape index (κ1) is 13.4. The average molecular weight is 275 g/mol. The molecule has 0 spiro atoms. The minimum Gasteiger partial charge on any atom is -0.394 e. The van der Waals surface area contributed by atoms with Crippen molar-refractivity contribution < 1.29 is 9.90 Å². The largest absolute Gasteiger partial charge is 0.394 e. The van der Waals surface area contributed by atoms with Crippen molar-refractivity contribution in [2.24, 2.45) is 0 Å². The van der Waals surface area contributed by atoms with E-state index < -0.39 is 0 Å². The van der Waals surface area contributed by atoms with E-state index in [1.54, 1.807) is 4.90 Å². The number of nitrogens with one attached hydrogen (secondary N) is 2. The summed E-state index contributed by atoms with van der Waals surface area (Å²) in [5.74, 6) is 0. The first-order valence-electron chi connectivity index (χ1n) is 7.22. The van der Waals surface area contributed by atoms with Crippen LogP contribution in [0.5, 0.6) is 0 Å². The highest BCUT2D eigenvalue weighted by molar-refractivity contribution is 5.76. The highest BCUT2D eigenvalue weighted by Gasteiger charge is 2.37. The van der Waals surface area contributed by atoms with Gasteiger partial charge >= 0.3 is 6.03 Å². The van der Waals surface area contributed by atoms with Crippen molar-refractivity contribution in [3.8, 4) is 0 Å². The Hall–Kier alpha value is -1.59. The van der Waals surface area contributed by atoms with Crippen LogP contribution in [0.3, 0.4) is 0 Å². The molecule has 1 unspecified atom stereocenters. The van der Waals surface area contributed by atoms with Gasteiger partial charge in [-0.05, 0) is 24.0 Å². The van der Waals surface area contributed by atoms with E-state index in [2.05, 4.69) is 22.8 Å². The van der Waals surface area contributed by atoms with E-state index in [1.165, 1.54) is 11.1 Å². The summed E-state index contributed by atoms with van der Waals surface area (Å²) in [7, 11) is 0. The molecule has 1 aliphatic carbocycles. The van der Waals surface area contributed by atoms with Crippen molar-refractivity contribution in [3.63, 3.8) is 0 Å². The van der Waals surface area contributed by atoms with Crippen molar-refractivity contribution in [3.05, 3.63) is 35.4 Å². The molecule has 5 heteroatoms. The average Bonchev–Trinajstić information content (AvgIpc) is 3.05. The van der Waals surface area contributed by atoms with E-state index in [1.807, 2.05) is 12.1 Å². The Morgan fingerprint density at radius 1 is 1.40 bits per heavy atom. The van der Waals surface area contributed by atoms with Crippen molar-refractivity contribution >= 4 is 6.03 Å². The maximum Gasteiger partial charge on any atom is 0.317 e. The molecular formula is C15H21N3O2. The molecule has 1 aliphatic heterocycles. The van der Waals surface area contributed by atoms with Crippen LogP contribution in [0.1, 0.15) is 17.5 Å². The number of benzene rings is 1. The highest BCUT2D eigenvalue weighted by Crippen LogP contribution is 2.36. The Kier molecular flexibility index (Phi) is 3.63. The van der Waals surface area contributed by atoms with Gasteiger partial charge < -0.3 is 20.6 Å². The zero-order valence-electron chi connectivity index (χ0n) is 11.6. The lowest BCUT2D eigenvalue weighted by Crippen LogP contribution is -2.47. The molecule has 3 rings (SSSR count). The van der Waals surface area contributed by atoms with E-state index in [9.17, 15) is 9.90 Å². The zero-order chi connectivity index (χ0) is 14.0. The highest BCUT2D eigenvalue weighted by atomic mass is 16.3. The van der Waals surface area contributed by atoms with Crippen LogP contribution in [-0.4, -0.2) is 48.8 Å². The van der Waals surface area contributed by atoms with Gasteiger partial charge in [0.05, 0.1) is 12.1 Å². The number of aliphatic hydroxyl groups excluding tert-OH is 1. The quantitative estimate of drug-likeness (QED) is 0.730. The van der Waals surface area contributed by atoms with Crippen LogP contribution in [0.15, 0.2) is 24.3 Å². The van der Waals surface area contributed by atoms with Crippen LogP contribution in [0.25, 0.3) is 0 Å². The number of hydrogen-bond donors (Lipinski definition) is 3. The molecule has 1 aromatic carbocycles. The summed E-state index contributed by atoms with van der Waals surface area (Å²) in [5.41, 5.74) is 2.17. The molecule has 3 N–H and O–H groups in total. The van der Waals surface area contributed by atoms with Crippen LogP contribution in [-0.2, 0) is 12.0 Å². The van der Waals surface area contributed by atoms with Crippen molar-refractivity contribution in [1.82, 2.24) is 15.5 Å². The second kappa shape index (κ2) is 5.42. The molecule has 0 radical (unpaired) electrons. The van der Waals surface area contributed by atoms with E-state index in [-0.39, 0.29) is 18.2 Å². The fourth-order valence-corrected chi connectivity index (χ4v) is 3.25. The summed E-state index contributed by atoms with van der Waals surface area (Å²) >= 11 is 0. The molecule has 1 aromatic rings. The number of carbonyl (C=O) groups excluding carboxylic acids is 1. The number of hydrogen-bond acceptors (Lipinski definition) is 3. The van der Waals surface area contributed by atoms with Gasteiger partial charge in [-0.25, -0.2) is 4.79 Å². The third-order valence-corrected chi connectivity index (χ3v) is 4.41. The number of fused-ring (bicyclic) bond motifs is 1. The maximum absolute atomic E-state index is 11.5. The zero-order valence-corrected chi connectivity index (χ0v) is 11.6. The van der Waals surface area contributed by atoms with Crippen LogP contribution in [0.2, 0.25) is 0 Å².